The molecule has 328 valence electrons. The van der Waals surface area contributed by atoms with Crippen LogP contribution in [0.4, 0.5) is 22.7 Å². The van der Waals surface area contributed by atoms with Gasteiger partial charge in [-0.3, -0.25) is 4.57 Å². The molecule has 0 unspecified atom stereocenters. The van der Waals surface area contributed by atoms with Crippen LogP contribution < -0.4 is 14.5 Å². The Kier molecular flexibility index (Phi) is 10.5. The Morgan fingerprint density at radius 1 is 0.523 bits per heavy atom. The molecule has 0 radical (unpaired) electrons. The van der Waals surface area contributed by atoms with Crippen LogP contribution in [0.1, 0.15) is 111 Å². The van der Waals surface area contributed by atoms with Crippen LogP contribution in [0.25, 0.3) is 38.8 Å². The number of nitrogens with zero attached hydrogens (tertiary/aromatic N) is 5. The van der Waals surface area contributed by atoms with Gasteiger partial charge in [0.15, 0.2) is 0 Å². The Hall–Kier alpha value is -6.84. The summed E-state index contributed by atoms with van der Waals surface area (Å²) in [6.45, 7) is 27.9. The third-order valence-corrected chi connectivity index (χ3v) is 12.9. The van der Waals surface area contributed by atoms with Crippen LogP contribution in [0, 0.1) is 11.3 Å². The molecule has 1 aliphatic rings. The van der Waals surface area contributed by atoms with E-state index in [2.05, 4.69) is 207 Å². The van der Waals surface area contributed by atoms with Gasteiger partial charge < -0.3 is 14.5 Å². The summed E-state index contributed by atoms with van der Waals surface area (Å²) in [6, 6.07) is 49.8. The van der Waals surface area contributed by atoms with Crippen molar-refractivity contribution in [3.05, 3.63) is 167 Å². The van der Waals surface area contributed by atoms with E-state index >= 15 is 0 Å². The Bertz CT molecular complexity index is 3120. The van der Waals surface area contributed by atoms with Crippen molar-refractivity contribution in [2.24, 2.45) is 0 Å². The van der Waals surface area contributed by atoms with Gasteiger partial charge in [0.25, 0.3) is 0 Å². The van der Waals surface area contributed by atoms with E-state index in [1.807, 2.05) is 36.5 Å². The number of rotatable bonds is 6. The lowest BCUT2D eigenvalue weighted by atomic mass is 9.80. The zero-order chi connectivity index (χ0) is 46.2. The summed E-state index contributed by atoms with van der Waals surface area (Å²) in [7, 11) is 0. The summed E-state index contributed by atoms with van der Waals surface area (Å²) in [5, 5.41) is 12.0. The molecule has 3 heterocycles. The first-order valence-corrected chi connectivity index (χ1v) is 22.9. The molecule has 0 fully saturated rings. The van der Waals surface area contributed by atoms with Gasteiger partial charge in [-0.05, 0) is 122 Å². The van der Waals surface area contributed by atoms with Crippen molar-refractivity contribution in [3.63, 3.8) is 0 Å². The summed E-state index contributed by atoms with van der Waals surface area (Å²) in [4.78, 5) is 9.99. The second-order valence-corrected chi connectivity index (χ2v) is 21.9. The normalized spacial score (nSPS) is 13.4. The molecule has 0 saturated carbocycles. The van der Waals surface area contributed by atoms with Crippen molar-refractivity contribution in [1.29, 1.82) is 5.26 Å². The molecule has 0 saturated heterocycles. The number of fused-ring (bicyclic) bond motifs is 4. The molecule has 65 heavy (non-hydrogen) atoms. The number of para-hydroxylation sites is 2. The molecule has 8 aromatic rings. The Morgan fingerprint density at radius 2 is 1.15 bits per heavy atom. The highest BCUT2D eigenvalue weighted by Crippen LogP contribution is 2.47. The average molecular weight is 856 g/mol. The molecular weight excluding hydrogens is 795 g/mol. The van der Waals surface area contributed by atoms with E-state index in [9.17, 15) is 5.26 Å². The number of benzene rings is 6. The molecule has 0 spiro atoms. The van der Waals surface area contributed by atoms with Crippen molar-refractivity contribution in [2.45, 2.75) is 105 Å². The monoisotopic (exact) mass is 855 g/mol. The lowest BCUT2D eigenvalue weighted by molar-refractivity contribution is 0.483. The van der Waals surface area contributed by atoms with Crippen molar-refractivity contribution in [1.82, 2.24) is 9.55 Å². The molecular formula is C59H61N5O. The maximum absolute atomic E-state index is 9.94. The number of hydrogen-bond donors (Lipinski definition) is 0. The first-order chi connectivity index (χ1) is 30.7. The molecule has 0 aliphatic carbocycles. The minimum Gasteiger partial charge on any atom is -0.457 e. The molecule has 6 aromatic carbocycles. The van der Waals surface area contributed by atoms with Gasteiger partial charge in [-0.1, -0.05) is 132 Å². The molecule has 1 aliphatic heterocycles. The van der Waals surface area contributed by atoms with E-state index in [0.717, 1.165) is 55.9 Å². The smallest absolute Gasteiger partial charge is 0.137 e. The fraction of sp³-hybridized carbons (Fsp3) is 0.288. The van der Waals surface area contributed by atoms with Crippen LogP contribution in [0.5, 0.6) is 11.5 Å². The first-order valence-electron chi connectivity index (χ1n) is 22.9. The van der Waals surface area contributed by atoms with Gasteiger partial charge in [0.2, 0.25) is 0 Å². The summed E-state index contributed by atoms with van der Waals surface area (Å²) >= 11 is 0. The van der Waals surface area contributed by atoms with Crippen molar-refractivity contribution < 1.29 is 4.74 Å². The van der Waals surface area contributed by atoms with Gasteiger partial charge >= 0.3 is 0 Å². The van der Waals surface area contributed by atoms with Crippen molar-refractivity contribution in [3.8, 4) is 34.5 Å². The highest BCUT2D eigenvalue weighted by Gasteiger charge is 2.31. The zero-order valence-electron chi connectivity index (χ0n) is 40.1. The topological polar surface area (TPSA) is 57.3 Å². The molecule has 0 amide bonds. The maximum Gasteiger partial charge on any atom is 0.137 e. The quantitative estimate of drug-likeness (QED) is 0.167. The van der Waals surface area contributed by atoms with Gasteiger partial charge in [0.05, 0.1) is 34.0 Å². The molecule has 0 bridgehead atoms. The third kappa shape index (κ3) is 8.25. The number of hydrogen-bond acceptors (Lipinski definition) is 5. The fourth-order valence-electron chi connectivity index (χ4n) is 9.09. The number of anilines is 4. The molecule has 0 atom stereocenters. The first kappa shape index (κ1) is 43.4. The number of aromatic nitrogens is 2. The third-order valence-electron chi connectivity index (χ3n) is 12.9. The fourth-order valence-corrected chi connectivity index (χ4v) is 9.09. The van der Waals surface area contributed by atoms with E-state index in [0.29, 0.717) is 18.0 Å². The maximum atomic E-state index is 9.94. The highest BCUT2D eigenvalue weighted by molar-refractivity contribution is 6.10. The number of nitriles is 1. The SMILES string of the molecule is CC(C)(C)c1ccc(-c2cnc(-n3c4ccc(C#N)cc4c4ccc(Oc5cccc(N6CN(c7cc(C(C)(C)C)cc(C(C)(C)C)c7)c7ccccc76)c5)cc43)cc2C(C)(C)C)cc1. The zero-order valence-corrected chi connectivity index (χ0v) is 40.1. The highest BCUT2D eigenvalue weighted by atomic mass is 16.5. The van der Waals surface area contributed by atoms with E-state index < -0.39 is 0 Å². The van der Waals surface area contributed by atoms with Crippen LogP contribution in [-0.4, -0.2) is 16.2 Å². The predicted octanol–water partition coefficient (Wildman–Crippen LogP) is 15.9. The Balaban J connectivity index is 1.09. The van der Waals surface area contributed by atoms with E-state index in [-0.39, 0.29) is 21.7 Å². The molecule has 6 nitrogen and oxygen atoms in total. The van der Waals surface area contributed by atoms with Gasteiger partial charge in [0, 0.05) is 46.0 Å². The van der Waals surface area contributed by atoms with Crippen molar-refractivity contribution in [2.75, 3.05) is 16.5 Å². The van der Waals surface area contributed by atoms with Crippen LogP contribution in [0.2, 0.25) is 0 Å². The summed E-state index contributed by atoms with van der Waals surface area (Å²) in [5.41, 5.74) is 14.5. The molecule has 0 N–H and O–H groups in total. The average Bonchev–Trinajstić information content (AvgIpc) is 3.81. The second-order valence-electron chi connectivity index (χ2n) is 21.9. The molecule has 2 aromatic heterocycles. The van der Waals surface area contributed by atoms with Crippen LogP contribution >= 0.6 is 0 Å². The minimum atomic E-state index is -0.166. The molecule has 6 heteroatoms. The Labute approximate surface area is 385 Å². The lowest BCUT2D eigenvalue weighted by Crippen LogP contribution is -2.25. The minimum absolute atomic E-state index is 0.00738. The largest absolute Gasteiger partial charge is 0.457 e. The number of ether oxygens (including phenoxy) is 1. The van der Waals surface area contributed by atoms with Crippen LogP contribution in [0.3, 0.4) is 0 Å². The number of pyridine rings is 1. The van der Waals surface area contributed by atoms with Gasteiger partial charge in [-0.15, -0.1) is 0 Å². The Morgan fingerprint density at radius 3 is 1.77 bits per heavy atom. The van der Waals surface area contributed by atoms with E-state index in [1.165, 1.54) is 33.6 Å². The van der Waals surface area contributed by atoms with Gasteiger partial charge in [-0.25, -0.2) is 4.98 Å². The van der Waals surface area contributed by atoms with Crippen LogP contribution in [-0.2, 0) is 21.7 Å². The van der Waals surface area contributed by atoms with Gasteiger partial charge in [0.1, 0.15) is 24.0 Å². The predicted molar refractivity (Wildman–Crippen MR) is 272 cm³/mol. The van der Waals surface area contributed by atoms with Crippen LogP contribution in [0.15, 0.2) is 140 Å². The van der Waals surface area contributed by atoms with Crippen molar-refractivity contribution >= 4 is 44.6 Å². The molecule has 9 rings (SSSR count). The summed E-state index contributed by atoms with van der Waals surface area (Å²) in [6.07, 6.45) is 2.03. The standard InChI is InChI=1S/C59H61N5O/c1-56(2,3)40-23-21-39(22-24-40)49-36-61-55(34-50(49)59(10,11)12)64-51-27-20-38(35-60)28-48(51)47-26-25-46(33-54(47)64)65-45-17-15-16-43(32-45)62-37-63(53-19-14-13-18-52(53)62)44-30-41(57(4,5)6)29-42(31-44)58(7,8)9/h13-34,36H,37H2,1-12H3. The lowest BCUT2D eigenvalue weighted by Gasteiger charge is -2.29. The van der Waals surface area contributed by atoms with E-state index in [1.54, 1.807) is 0 Å². The van der Waals surface area contributed by atoms with Gasteiger partial charge in [-0.2, -0.15) is 5.26 Å². The summed E-state index contributed by atoms with van der Waals surface area (Å²) < 4.78 is 9.00. The van der Waals surface area contributed by atoms with E-state index in [4.69, 9.17) is 9.72 Å². The second kappa shape index (κ2) is 15.7. The summed E-state index contributed by atoms with van der Waals surface area (Å²) in [5.74, 6) is 2.27.